The van der Waals surface area contributed by atoms with Gasteiger partial charge in [0.25, 0.3) is 11.6 Å². The molecule has 9 heteroatoms. The summed E-state index contributed by atoms with van der Waals surface area (Å²) >= 11 is 0. The van der Waals surface area contributed by atoms with Gasteiger partial charge in [-0.25, -0.2) is 4.79 Å². The number of nitrogens with one attached hydrogen (secondary N) is 1. The molecule has 0 radical (unpaired) electrons. The summed E-state index contributed by atoms with van der Waals surface area (Å²) < 4.78 is 10.1. The van der Waals surface area contributed by atoms with Gasteiger partial charge in [0.05, 0.1) is 11.2 Å². The molecular formula is C21H13N3O6. The van der Waals surface area contributed by atoms with Gasteiger partial charge in [0.2, 0.25) is 5.76 Å². The number of esters is 1. The van der Waals surface area contributed by atoms with Gasteiger partial charge in [0.15, 0.2) is 0 Å². The fourth-order valence-corrected chi connectivity index (χ4v) is 2.36. The van der Waals surface area contributed by atoms with Crippen LogP contribution in [-0.4, -0.2) is 16.8 Å². The van der Waals surface area contributed by atoms with E-state index in [4.69, 9.17) is 9.15 Å². The molecule has 1 N–H and O–H groups in total. The Kier molecular flexibility index (Phi) is 6.00. The Morgan fingerprint density at radius 2 is 1.80 bits per heavy atom. The molecular weight excluding hydrogens is 390 g/mol. The van der Waals surface area contributed by atoms with Gasteiger partial charge < -0.3 is 14.5 Å². The molecule has 1 aromatic heterocycles. The van der Waals surface area contributed by atoms with Crippen molar-refractivity contribution in [1.29, 1.82) is 5.26 Å². The minimum absolute atomic E-state index is 0.0636. The lowest BCUT2D eigenvalue weighted by Crippen LogP contribution is -2.13. The molecule has 0 atom stereocenters. The monoisotopic (exact) mass is 403 g/mol. The van der Waals surface area contributed by atoms with E-state index in [-0.39, 0.29) is 22.8 Å². The number of benzene rings is 2. The van der Waals surface area contributed by atoms with Crippen molar-refractivity contribution in [2.75, 3.05) is 5.32 Å². The minimum Gasteiger partial charge on any atom is -0.457 e. The molecule has 148 valence electrons. The lowest BCUT2D eigenvalue weighted by Gasteiger charge is -2.05. The topological polar surface area (TPSA) is 135 Å². The highest BCUT2D eigenvalue weighted by Crippen LogP contribution is 2.18. The third-order valence-electron chi connectivity index (χ3n) is 3.83. The number of carbonyl (C=O) groups is 2. The maximum atomic E-state index is 12.3. The van der Waals surface area contributed by atoms with Gasteiger partial charge in [-0.15, -0.1) is 0 Å². The van der Waals surface area contributed by atoms with Crippen molar-refractivity contribution in [3.05, 3.63) is 93.9 Å². The third kappa shape index (κ3) is 4.96. The van der Waals surface area contributed by atoms with E-state index < -0.39 is 16.8 Å². The number of nitriles is 1. The second-order valence-electron chi connectivity index (χ2n) is 5.86. The van der Waals surface area contributed by atoms with Crippen LogP contribution in [0.25, 0.3) is 6.08 Å². The van der Waals surface area contributed by atoms with Gasteiger partial charge in [-0.2, -0.15) is 5.26 Å². The number of nitro groups is 1. The number of hydrogen-bond donors (Lipinski definition) is 1. The molecule has 3 rings (SSSR count). The summed E-state index contributed by atoms with van der Waals surface area (Å²) in [5, 5.41) is 22.5. The van der Waals surface area contributed by atoms with Crippen molar-refractivity contribution in [2.24, 2.45) is 0 Å². The highest BCUT2D eigenvalue weighted by atomic mass is 16.6. The molecule has 0 bridgehead atoms. The normalized spacial score (nSPS) is 10.7. The van der Waals surface area contributed by atoms with Crippen molar-refractivity contribution in [3.63, 3.8) is 0 Å². The van der Waals surface area contributed by atoms with Gasteiger partial charge in [-0.1, -0.05) is 12.1 Å². The average Bonchev–Trinajstić information content (AvgIpc) is 3.28. The predicted octanol–water partition coefficient (Wildman–Crippen LogP) is 3.95. The van der Waals surface area contributed by atoms with Crippen molar-refractivity contribution in [1.82, 2.24) is 0 Å². The van der Waals surface area contributed by atoms with Gasteiger partial charge >= 0.3 is 5.97 Å². The van der Waals surface area contributed by atoms with Gasteiger partial charge in [-0.3, -0.25) is 14.9 Å². The molecule has 0 spiro atoms. The standard InChI is InChI=1S/C21H13N3O6/c22-13-15(20(25)23-16-5-7-17(8-6-16)24(27)28)12-14-3-9-18(10-4-14)30-21(26)19-2-1-11-29-19/h1-12H,(H,23,25). The fraction of sp³-hybridized carbons (Fsp3) is 0. The van der Waals surface area contributed by atoms with Crippen LogP contribution in [0, 0.1) is 21.4 Å². The number of rotatable bonds is 6. The maximum absolute atomic E-state index is 12.3. The predicted molar refractivity (Wildman–Crippen MR) is 105 cm³/mol. The molecule has 0 aliphatic carbocycles. The van der Waals surface area contributed by atoms with E-state index in [1.807, 2.05) is 6.07 Å². The molecule has 1 amide bonds. The zero-order valence-corrected chi connectivity index (χ0v) is 15.3. The summed E-state index contributed by atoms with van der Waals surface area (Å²) in [4.78, 5) is 34.3. The Morgan fingerprint density at radius 3 is 2.37 bits per heavy atom. The van der Waals surface area contributed by atoms with E-state index in [2.05, 4.69) is 5.32 Å². The number of nitro benzene ring substituents is 1. The first-order chi connectivity index (χ1) is 14.5. The quantitative estimate of drug-likeness (QED) is 0.164. The summed E-state index contributed by atoms with van der Waals surface area (Å²) in [6.45, 7) is 0. The highest BCUT2D eigenvalue weighted by molar-refractivity contribution is 6.09. The van der Waals surface area contributed by atoms with E-state index in [0.717, 1.165) is 0 Å². The van der Waals surface area contributed by atoms with E-state index in [9.17, 15) is 25.0 Å². The third-order valence-corrected chi connectivity index (χ3v) is 3.83. The average molecular weight is 403 g/mol. The Bertz CT molecular complexity index is 1140. The van der Waals surface area contributed by atoms with Crippen LogP contribution < -0.4 is 10.1 Å². The molecule has 30 heavy (non-hydrogen) atoms. The van der Waals surface area contributed by atoms with E-state index in [1.54, 1.807) is 18.2 Å². The van der Waals surface area contributed by atoms with Gasteiger partial charge in [-0.05, 0) is 48.0 Å². The fourth-order valence-electron chi connectivity index (χ4n) is 2.36. The van der Waals surface area contributed by atoms with Crippen molar-refractivity contribution in [3.8, 4) is 11.8 Å². The molecule has 3 aromatic rings. The molecule has 1 heterocycles. The number of carbonyl (C=O) groups excluding carboxylic acids is 2. The number of nitrogens with zero attached hydrogens (tertiary/aromatic N) is 2. The van der Waals surface area contributed by atoms with Crippen molar-refractivity contribution >= 4 is 29.3 Å². The van der Waals surface area contributed by atoms with Crippen LogP contribution in [0.5, 0.6) is 5.75 Å². The molecule has 0 aliphatic rings. The van der Waals surface area contributed by atoms with E-state index in [0.29, 0.717) is 11.3 Å². The van der Waals surface area contributed by atoms with Crippen LogP contribution in [0.3, 0.4) is 0 Å². The first kappa shape index (κ1) is 20.0. The molecule has 0 saturated heterocycles. The second kappa shape index (κ2) is 8.99. The Hall–Kier alpha value is -4.71. The number of amides is 1. The van der Waals surface area contributed by atoms with E-state index in [1.165, 1.54) is 54.8 Å². The second-order valence-corrected chi connectivity index (χ2v) is 5.86. The largest absolute Gasteiger partial charge is 0.457 e. The molecule has 9 nitrogen and oxygen atoms in total. The summed E-state index contributed by atoms with van der Waals surface area (Å²) in [7, 11) is 0. The number of anilines is 1. The number of non-ortho nitro benzene ring substituents is 1. The number of ether oxygens (including phenoxy) is 1. The number of furan rings is 1. The summed E-state index contributed by atoms with van der Waals surface area (Å²) in [5.41, 5.74) is 0.556. The van der Waals surface area contributed by atoms with Crippen molar-refractivity contribution in [2.45, 2.75) is 0 Å². The Morgan fingerprint density at radius 1 is 1.10 bits per heavy atom. The molecule has 0 unspecified atom stereocenters. The molecule has 0 fully saturated rings. The van der Waals surface area contributed by atoms with Crippen LogP contribution in [-0.2, 0) is 4.79 Å². The molecule has 0 saturated carbocycles. The first-order valence-corrected chi connectivity index (χ1v) is 8.49. The summed E-state index contributed by atoms with van der Waals surface area (Å²) in [5.74, 6) is -0.987. The zero-order chi connectivity index (χ0) is 21.5. The first-order valence-electron chi connectivity index (χ1n) is 8.49. The Balaban J connectivity index is 1.67. The molecule has 0 aliphatic heterocycles. The zero-order valence-electron chi connectivity index (χ0n) is 15.3. The van der Waals surface area contributed by atoms with Gasteiger partial charge in [0, 0.05) is 17.8 Å². The van der Waals surface area contributed by atoms with Crippen LogP contribution in [0.4, 0.5) is 11.4 Å². The van der Waals surface area contributed by atoms with Crippen molar-refractivity contribution < 1.29 is 23.7 Å². The van der Waals surface area contributed by atoms with Crippen LogP contribution >= 0.6 is 0 Å². The summed E-state index contributed by atoms with van der Waals surface area (Å²) in [6, 6.07) is 16.2. The molecule has 2 aromatic carbocycles. The van der Waals surface area contributed by atoms with E-state index >= 15 is 0 Å². The SMILES string of the molecule is N#CC(=Cc1ccc(OC(=O)c2ccco2)cc1)C(=O)Nc1ccc([N+](=O)[O-])cc1. The summed E-state index contributed by atoms with van der Waals surface area (Å²) in [6.07, 6.45) is 2.72. The van der Waals surface area contributed by atoms with Gasteiger partial charge in [0.1, 0.15) is 17.4 Å². The lowest BCUT2D eigenvalue weighted by molar-refractivity contribution is -0.384. The highest BCUT2D eigenvalue weighted by Gasteiger charge is 2.13. The van der Waals surface area contributed by atoms with Crippen LogP contribution in [0.2, 0.25) is 0 Å². The lowest BCUT2D eigenvalue weighted by atomic mass is 10.1. The number of hydrogen-bond acceptors (Lipinski definition) is 7. The van der Waals surface area contributed by atoms with Crippen LogP contribution in [0.1, 0.15) is 16.1 Å². The minimum atomic E-state index is -0.667. The maximum Gasteiger partial charge on any atom is 0.379 e. The van der Waals surface area contributed by atoms with Crippen LogP contribution in [0.15, 0.2) is 76.9 Å². The Labute approximate surface area is 170 Å². The smallest absolute Gasteiger partial charge is 0.379 e.